The molecule has 12 atom stereocenters. The summed E-state index contributed by atoms with van der Waals surface area (Å²) in [4.78, 5) is 132. The van der Waals surface area contributed by atoms with Crippen molar-refractivity contribution < 1.29 is 62.8 Å². The number of likely N-dealkylation sites (tertiary alicyclic amines) is 2. The van der Waals surface area contributed by atoms with E-state index in [4.69, 9.17) is 9.47 Å². The maximum Gasteiger partial charge on any atom is 0.326 e. The first-order valence-corrected chi connectivity index (χ1v) is 46.5. The van der Waals surface area contributed by atoms with Gasteiger partial charge in [0.15, 0.2) is 0 Å². The van der Waals surface area contributed by atoms with E-state index in [1.54, 1.807) is 83.5 Å². The number of Topliss-reactive ketones (excluding diaryl/α,β-unsaturated/α-hetero) is 1. The lowest BCUT2D eigenvalue weighted by atomic mass is 9.87. The lowest BCUT2D eigenvalue weighted by Crippen LogP contribution is -2.58. The molecule has 6 aliphatic heterocycles. The van der Waals surface area contributed by atoms with Gasteiger partial charge in [-0.25, -0.2) is 19.0 Å². The molecule has 16 bridgehead atoms. The number of nitrogens with one attached hydrogen (secondary N) is 6. The molecule has 0 saturated carbocycles. The summed E-state index contributed by atoms with van der Waals surface area (Å²) in [5.41, 5.74) is 6.03. The number of hydrogen-bond donors (Lipinski definition) is 8. The molecule has 6 aliphatic rings. The molecule has 10 aromatic rings. The zero-order chi connectivity index (χ0) is 92.6. The number of aryl methyl sites for hydroxylation is 6. The van der Waals surface area contributed by atoms with E-state index in [2.05, 4.69) is 73.1 Å². The minimum atomic E-state index is -1.42. The van der Waals surface area contributed by atoms with Gasteiger partial charge in [0.25, 0.3) is 0 Å². The number of carbonyl (C=O) groups is 9. The molecule has 6 aromatic carbocycles. The zero-order valence-corrected chi connectivity index (χ0v) is 76.3. The Morgan fingerprint density at radius 3 is 1.44 bits per heavy atom. The van der Waals surface area contributed by atoms with Crippen molar-refractivity contribution in [3.63, 3.8) is 0 Å². The van der Waals surface area contributed by atoms with Crippen LogP contribution < -0.4 is 41.4 Å². The van der Waals surface area contributed by atoms with Crippen LogP contribution in [0.2, 0.25) is 0 Å². The summed E-state index contributed by atoms with van der Waals surface area (Å²) in [7, 11) is 1.72. The van der Waals surface area contributed by atoms with Gasteiger partial charge in [-0.05, 0) is 165 Å². The van der Waals surface area contributed by atoms with Gasteiger partial charge in [-0.2, -0.15) is 0 Å². The first-order chi connectivity index (χ1) is 63.3. The van der Waals surface area contributed by atoms with Crippen molar-refractivity contribution in [2.24, 2.45) is 23.7 Å². The Kier molecular flexibility index (Phi) is 33.9. The second-order valence-electron chi connectivity index (χ2n) is 36.1. The molecule has 33 heteroatoms. The summed E-state index contributed by atoms with van der Waals surface area (Å²) in [5, 5.41) is 79.5. The van der Waals surface area contributed by atoms with Gasteiger partial charge in [0, 0.05) is 120 Å². The van der Waals surface area contributed by atoms with Gasteiger partial charge in [-0.15, -0.1) is 20.4 Å². The first-order valence-electron chi connectivity index (χ1n) is 46.5. The van der Waals surface area contributed by atoms with Gasteiger partial charge in [0.05, 0.1) is 60.2 Å². The number of benzene rings is 6. The number of ether oxygens (including phenoxy) is 2. The summed E-state index contributed by atoms with van der Waals surface area (Å²) >= 11 is 0. The summed E-state index contributed by atoms with van der Waals surface area (Å²) in [6, 6.07) is 32.6. The van der Waals surface area contributed by atoms with E-state index < -0.39 is 95.9 Å². The number of carbonyl (C=O) groups excluding carboxylic acids is 7. The van der Waals surface area contributed by atoms with Crippen LogP contribution in [0.25, 0.3) is 21.5 Å². The average molecular weight is 1790 g/mol. The van der Waals surface area contributed by atoms with Crippen LogP contribution in [0, 0.1) is 23.7 Å². The molecule has 0 unspecified atom stereocenters. The Morgan fingerprint density at radius 2 is 0.962 bits per heavy atom. The number of amides is 6. The van der Waals surface area contributed by atoms with Gasteiger partial charge in [0.1, 0.15) is 47.5 Å². The zero-order valence-electron chi connectivity index (χ0n) is 76.3. The van der Waals surface area contributed by atoms with Crippen molar-refractivity contribution in [1.82, 2.24) is 102 Å². The third kappa shape index (κ3) is 26.6. The maximum atomic E-state index is 15.3. The molecule has 8 N–H and O–H groups in total. The molecule has 0 aliphatic carbocycles. The molecule has 696 valence electrons. The highest BCUT2D eigenvalue weighted by Gasteiger charge is 2.46. The van der Waals surface area contributed by atoms with Crippen molar-refractivity contribution in [1.29, 1.82) is 0 Å². The summed E-state index contributed by atoms with van der Waals surface area (Å²) in [5.74, 6) is -5.85. The molecule has 2 saturated heterocycles. The third-order valence-electron chi connectivity index (χ3n) is 25.7. The molecular weight excluding hydrogens is 1670 g/mol. The monoisotopic (exact) mass is 1790 g/mol. The van der Waals surface area contributed by atoms with Crippen molar-refractivity contribution in [2.45, 2.75) is 250 Å². The lowest BCUT2D eigenvalue weighted by molar-refractivity contribution is -0.144. The highest BCUT2D eigenvalue weighted by atomic mass is 16.5. The number of nitrogens with zero attached hydrogens (tertiary/aromatic N) is 14. The fourth-order valence-electron chi connectivity index (χ4n) is 17.4. The molecule has 10 heterocycles. The van der Waals surface area contributed by atoms with E-state index in [9.17, 15) is 39.0 Å². The number of rotatable bonds is 17. The van der Waals surface area contributed by atoms with Gasteiger partial charge in [0.2, 0.25) is 35.4 Å². The minimum absolute atomic E-state index is 0.0187. The highest BCUT2D eigenvalue weighted by molar-refractivity contribution is 5.97. The van der Waals surface area contributed by atoms with Crippen molar-refractivity contribution in [2.75, 3.05) is 39.9 Å². The Balaban J connectivity index is 0.699. The molecule has 2 fully saturated rings. The Bertz CT molecular complexity index is 5520. The van der Waals surface area contributed by atoms with Crippen LogP contribution in [0.4, 0.5) is 0 Å². The quantitative estimate of drug-likeness (QED) is 0.0420. The fourth-order valence-corrected chi connectivity index (χ4v) is 17.4. The van der Waals surface area contributed by atoms with Crippen LogP contribution in [0.1, 0.15) is 183 Å². The van der Waals surface area contributed by atoms with E-state index in [1.165, 1.54) is 4.90 Å². The van der Waals surface area contributed by atoms with E-state index in [1.807, 2.05) is 154 Å². The molecule has 4 aromatic heterocycles. The van der Waals surface area contributed by atoms with Crippen LogP contribution >= 0.6 is 0 Å². The standard InChI is InChI=1S/C98H126N20O13/c1-9-64(6)91(120)104-90(63(4)5)96(125)116-61-80-53-88(116)94(123)101-85(51-69-31-37-71-23-17-19-25-73(71)47-69)93(122)103-87(98(128)129)49-67-34-40-82(41-35-67)131-45-21-43-113-56-74(105-109-113)26-12-10-14-28-76-58-117(111-107-76)79-52-78(115(60-79)95(124)83(62(2)3)54-89(119)65(7)99-8)55-100-84(50-68-30-36-70-22-16-18-24-72(70)46-68)92(121)102-86(97(126)127)48-66-32-38-81(39-33-66)130-44-20-42-114-57-75(106-110-114)27-13-11-15-29-77-59-118(80)112-108-77/h16-19,22-25,30-41,46-47,56-59,62-65,78-80,83-88,90,99-100H,9-15,20-21,26-29,42-45,48-55,60-61H2,1-8H3,(H,101,123)(H,102,121)(H,103,122)(H,104,120)(H,126,127)(H,128,129)/t64-,65+,78+,79+,80+,83+,84+,85+,86+,87+,88+,90+/m1/s1. The minimum Gasteiger partial charge on any atom is -0.494 e. The number of carboxylic acids is 2. The summed E-state index contributed by atoms with van der Waals surface area (Å²) in [6.07, 6.45) is 17.7. The van der Waals surface area contributed by atoms with Crippen LogP contribution in [-0.2, 0) is 108 Å². The molecule has 6 amide bonds. The number of aliphatic carboxylic acids is 2. The Labute approximate surface area is 764 Å². The second-order valence-corrected chi connectivity index (χ2v) is 36.1. The Hall–Kier alpha value is -12.6. The highest BCUT2D eigenvalue weighted by Crippen LogP contribution is 2.34. The Morgan fingerprint density at radius 1 is 0.496 bits per heavy atom. The lowest BCUT2D eigenvalue weighted by Gasteiger charge is -2.32. The van der Waals surface area contributed by atoms with Crippen LogP contribution in [0.3, 0.4) is 0 Å². The predicted molar refractivity (Wildman–Crippen MR) is 492 cm³/mol. The van der Waals surface area contributed by atoms with E-state index in [0.29, 0.717) is 106 Å². The topological polar surface area (TPSA) is 414 Å². The van der Waals surface area contributed by atoms with Crippen LogP contribution in [-0.4, -0.2) is 221 Å². The van der Waals surface area contributed by atoms with Gasteiger partial charge >= 0.3 is 11.9 Å². The number of fused-ring (bicyclic) bond motifs is 2. The van der Waals surface area contributed by atoms with Gasteiger partial charge < -0.3 is 61.4 Å². The number of likely N-dealkylation sites (N-methyl/N-ethyl adjacent to an activating group) is 1. The molecule has 0 radical (unpaired) electrons. The van der Waals surface area contributed by atoms with Crippen LogP contribution in [0.15, 0.2) is 158 Å². The van der Waals surface area contributed by atoms with E-state index in [-0.39, 0.29) is 99.6 Å². The summed E-state index contributed by atoms with van der Waals surface area (Å²) in [6.45, 7) is 15.3. The second kappa shape index (κ2) is 46.2. The van der Waals surface area contributed by atoms with E-state index in [0.717, 1.165) is 88.4 Å². The number of hydrogen-bond acceptors (Lipinski definition) is 21. The molecule has 131 heavy (non-hydrogen) atoms. The van der Waals surface area contributed by atoms with Gasteiger partial charge in [-0.1, -0.05) is 184 Å². The summed E-state index contributed by atoms with van der Waals surface area (Å²) < 4.78 is 19.4. The normalized spacial score (nSPS) is 21.3. The SMILES string of the molecule is CC[C@@H](C)C(=O)N[C@H](C(=O)N1C[C@@H]2C[C@H]1C(=O)N[C@@H](Cc1ccc3ccccc3c1)C(=O)N[C@H](C(=O)O)Cc1ccc(cc1)OCCCn1cc(nn1)CCCCCc1cn(nn1)[C@H]1C[C@@H](CN[C@@H](Cc3ccc4ccccc4c3)C(=O)N[C@H](C(=O)O)Cc3ccc(cc3)OCCCn3cc(nn3)CCCCCc3cn2nn3)N(C(=O)[C@@H](CC(=O)[C@H](C)NC)C(C)C)C1)C(C)C. The fraction of sp³-hybridized carbons (Fsp3) is 0.500. The molecule has 0 spiro atoms. The van der Waals surface area contributed by atoms with Gasteiger partial charge in [-0.3, -0.25) is 42.9 Å². The van der Waals surface area contributed by atoms with Crippen LogP contribution in [0.5, 0.6) is 11.5 Å². The number of ketones is 1. The third-order valence-corrected chi connectivity index (χ3v) is 25.7. The average Bonchev–Trinajstić information content (AvgIpc) is 1.66. The number of carboxylic acid groups (broad SMARTS) is 2. The molecule has 33 nitrogen and oxygen atoms in total. The smallest absolute Gasteiger partial charge is 0.326 e. The first kappa shape index (κ1) is 95.9. The van der Waals surface area contributed by atoms with Crippen molar-refractivity contribution in [3.8, 4) is 11.5 Å². The molecule has 16 rings (SSSR count). The number of aromatic nitrogens is 12. The largest absolute Gasteiger partial charge is 0.494 e. The van der Waals surface area contributed by atoms with E-state index >= 15 is 14.4 Å². The predicted octanol–water partition coefficient (Wildman–Crippen LogP) is 9.38. The van der Waals surface area contributed by atoms with Crippen molar-refractivity contribution in [3.05, 3.63) is 203 Å². The molecular formula is C98H126N20O13. The maximum absolute atomic E-state index is 15.3. The van der Waals surface area contributed by atoms with Crippen molar-refractivity contribution >= 4 is 74.7 Å².